The molecule has 0 aromatic carbocycles. The zero-order chi connectivity index (χ0) is 12.8. The van der Waals surface area contributed by atoms with E-state index in [-0.39, 0.29) is 5.54 Å². The minimum atomic E-state index is 0.0957. The van der Waals surface area contributed by atoms with Crippen molar-refractivity contribution in [3.05, 3.63) is 18.0 Å². The predicted molar refractivity (Wildman–Crippen MR) is 73.4 cm³/mol. The van der Waals surface area contributed by atoms with Gasteiger partial charge in [-0.3, -0.25) is 9.58 Å². The van der Waals surface area contributed by atoms with E-state index in [4.69, 9.17) is 0 Å². The molecule has 3 rings (SSSR count). The van der Waals surface area contributed by atoms with Crippen molar-refractivity contribution >= 4 is 0 Å². The fourth-order valence-corrected chi connectivity index (χ4v) is 3.31. The van der Waals surface area contributed by atoms with Crippen molar-refractivity contribution in [1.82, 2.24) is 14.7 Å². The van der Waals surface area contributed by atoms with Crippen LogP contribution in [0.1, 0.15) is 52.0 Å². The van der Waals surface area contributed by atoms with Gasteiger partial charge in [-0.25, -0.2) is 0 Å². The molecule has 0 unspecified atom stereocenters. The molecular formula is C15H25N3. The quantitative estimate of drug-likeness (QED) is 0.801. The summed E-state index contributed by atoms with van der Waals surface area (Å²) < 4.78 is 2.08. The summed E-state index contributed by atoms with van der Waals surface area (Å²) in [6, 6.07) is 0. The van der Waals surface area contributed by atoms with Crippen LogP contribution in [0.2, 0.25) is 0 Å². The molecular weight excluding hydrogens is 222 g/mol. The van der Waals surface area contributed by atoms with Gasteiger partial charge in [0.05, 0.1) is 11.7 Å². The number of likely N-dealkylation sites (tertiary alicyclic amines) is 1. The Morgan fingerprint density at radius 3 is 2.56 bits per heavy atom. The van der Waals surface area contributed by atoms with Crippen molar-refractivity contribution in [3.8, 4) is 0 Å². The van der Waals surface area contributed by atoms with E-state index in [9.17, 15) is 0 Å². The van der Waals surface area contributed by atoms with Gasteiger partial charge < -0.3 is 0 Å². The smallest absolute Gasteiger partial charge is 0.0543 e. The monoisotopic (exact) mass is 247 g/mol. The lowest BCUT2D eigenvalue weighted by molar-refractivity contribution is 0.137. The highest BCUT2D eigenvalue weighted by atomic mass is 15.3. The zero-order valence-electron chi connectivity index (χ0n) is 11.9. The van der Waals surface area contributed by atoms with Gasteiger partial charge in [0.1, 0.15) is 0 Å². The van der Waals surface area contributed by atoms with Crippen LogP contribution in [0.25, 0.3) is 0 Å². The number of hydrogen-bond acceptors (Lipinski definition) is 2. The Morgan fingerprint density at radius 2 is 2.06 bits per heavy atom. The number of nitrogens with zero attached hydrogens (tertiary/aromatic N) is 3. The van der Waals surface area contributed by atoms with Crippen molar-refractivity contribution in [2.24, 2.45) is 5.41 Å². The van der Waals surface area contributed by atoms with E-state index in [1.54, 1.807) is 0 Å². The van der Waals surface area contributed by atoms with Crippen molar-refractivity contribution in [2.75, 3.05) is 13.1 Å². The standard InChI is InChI=1S/C15H25N3/c1-14(2,3)18-11-13(9-16-18)10-17-8-7-15(12-17)5-4-6-15/h9,11H,4-8,10,12H2,1-3H3. The summed E-state index contributed by atoms with van der Waals surface area (Å²) in [5.74, 6) is 0. The molecule has 1 spiro atoms. The molecule has 0 radical (unpaired) electrons. The van der Waals surface area contributed by atoms with E-state index in [2.05, 4.69) is 41.6 Å². The van der Waals surface area contributed by atoms with E-state index in [1.165, 1.54) is 44.3 Å². The van der Waals surface area contributed by atoms with Gasteiger partial charge in [-0.05, 0) is 52.0 Å². The summed E-state index contributed by atoms with van der Waals surface area (Å²) in [7, 11) is 0. The van der Waals surface area contributed by atoms with E-state index in [0.29, 0.717) is 5.41 Å². The first-order valence-corrected chi connectivity index (χ1v) is 7.23. The predicted octanol–water partition coefficient (Wildman–Crippen LogP) is 3.01. The van der Waals surface area contributed by atoms with E-state index < -0.39 is 0 Å². The topological polar surface area (TPSA) is 21.1 Å². The Morgan fingerprint density at radius 1 is 1.28 bits per heavy atom. The fraction of sp³-hybridized carbons (Fsp3) is 0.800. The van der Waals surface area contributed by atoms with Gasteiger partial charge in [0.15, 0.2) is 0 Å². The van der Waals surface area contributed by atoms with Crippen LogP contribution in [0.5, 0.6) is 0 Å². The number of aromatic nitrogens is 2. The Hall–Kier alpha value is -0.830. The van der Waals surface area contributed by atoms with Crippen molar-refractivity contribution in [2.45, 2.75) is 58.5 Å². The second-order valence-electron chi connectivity index (χ2n) is 7.28. The maximum absolute atomic E-state index is 4.49. The first-order valence-electron chi connectivity index (χ1n) is 7.23. The molecule has 1 aromatic rings. The summed E-state index contributed by atoms with van der Waals surface area (Å²) in [4.78, 5) is 2.61. The second kappa shape index (κ2) is 4.09. The first kappa shape index (κ1) is 12.2. The summed E-state index contributed by atoms with van der Waals surface area (Å²) in [6.07, 6.45) is 10.1. The van der Waals surface area contributed by atoms with Crippen LogP contribution in [0, 0.1) is 5.41 Å². The molecule has 0 atom stereocenters. The Labute approximate surface area is 110 Å². The molecule has 100 valence electrons. The third kappa shape index (κ3) is 2.20. The normalized spacial score (nSPS) is 23.5. The lowest BCUT2D eigenvalue weighted by Gasteiger charge is -2.38. The van der Waals surface area contributed by atoms with Crippen LogP contribution in [0.4, 0.5) is 0 Å². The number of hydrogen-bond donors (Lipinski definition) is 0. The molecule has 2 fully saturated rings. The highest BCUT2D eigenvalue weighted by molar-refractivity contribution is 5.07. The third-order valence-electron chi connectivity index (χ3n) is 4.66. The lowest BCUT2D eigenvalue weighted by atomic mass is 9.68. The third-order valence-corrected chi connectivity index (χ3v) is 4.66. The van der Waals surface area contributed by atoms with Crippen LogP contribution in [-0.2, 0) is 12.1 Å². The van der Waals surface area contributed by atoms with Gasteiger partial charge in [-0.15, -0.1) is 0 Å². The molecule has 1 aliphatic heterocycles. The van der Waals surface area contributed by atoms with Crippen LogP contribution in [0.3, 0.4) is 0 Å². The Kier molecular flexibility index (Phi) is 2.77. The van der Waals surface area contributed by atoms with E-state index >= 15 is 0 Å². The second-order valence-corrected chi connectivity index (χ2v) is 7.28. The molecule has 1 aliphatic carbocycles. The minimum Gasteiger partial charge on any atom is -0.298 e. The number of rotatable bonds is 2. The lowest BCUT2D eigenvalue weighted by Crippen LogP contribution is -2.32. The summed E-state index contributed by atoms with van der Waals surface area (Å²) >= 11 is 0. The van der Waals surface area contributed by atoms with Crippen molar-refractivity contribution in [3.63, 3.8) is 0 Å². The highest BCUT2D eigenvalue weighted by Crippen LogP contribution is 2.48. The van der Waals surface area contributed by atoms with Gasteiger partial charge in [0, 0.05) is 24.8 Å². The van der Waals surface area contributed by atoms with E-state index in [0.717, 1.165) is 6.54 Å². The SMILES string of the molecule is CC(C)(C)n1cc(CN2CCC3(CCC3)C2)cn1. The largest absolute Gasteiger partial charge is 0.298 e. The van der Waals surface area contributed by atoms with Crippen LogP contribution >= 0.6 is 0 Å². The van der Waals surface area contributed by atoms with Crippen LogP contribution in [-0.4, -0.2) is 27.8 Å². The molecule has 3 nitrogen and oxygen atoms in total. The molecule has 3 heteroatoms. The zero-order valence-corrected chi connectivity index (χ0v) is 11.9. The highest BCUT2D eigenvalue weighted by Gasteiger charge is 2.42. The molecule has 18 heavy (non-hydrogen) atoms. The maximum Gasteiger partial charge on any atom is 0.0543 e. The molecule has 2 aliphatic rings. The maximum atomic E-state index is 4.49. The van der Waals surface area contributed by atoms with Crippen molar-refractivity contribution in [1.29, 1.82) is 0 Å². The minimum absolute atomic E-state index is 0.0957. The molecule has 1 saturated heterocycles. The fourth-order valence-electron chi connectivity index (χ4n) is 3.31. The van der Waals surface area contributed by atoms with Gasteiger partial charge in [-0.2, -0.15) is 5.10 Å². The van der Waals surface area contributed by atoms with Crippen molar-refractivity contribution < 1.29 is 0 Å². The Bertz CT molecular complexity index is 423. The van der Waals surface area contributed by atoms with Gasteiger partial charge in [-0.1, -0.05) is 6.42 Å². The molecule has 0 amide bonds. The molecule has 0 bridgehead atoms. The molecule has 2 heterocycles. The summed E-state index contributed by atoms with van der Waals surface area (Å²) in [5, 5.41) is 4.49. The summed E-state index contributed by atoms with van der Waals surface area (Å²) in [5.41, 5.74) is 2.17. The molecule has 0 N–H and O–H groups in total. The molecule has 1 aromatic heterocycles. The van der Waals surface area contributed by atoms with Gasteiger partial charge in [0.2, 0.25) is 0 Å². The average molecular weight is 247 g/mol. The Balaban J connectivity index is 1.62. The van der Waals surface area contributed by atoms with Crippen LogP contribution < -0.4 is 0 Å². The van der Waals surface area contributed by atoms with Gasteiger partial charge in [0.25, 0.3) is 0 Å². The van der Waals surface area contributed by atoms with Gasteiger partial charge >= 0.3 is 0 Å². The molecule has 1 saturated carbocycles. The summed E-state index contributed by atoms with van der Waals surface area (Å²) in [6.45, 7) is 10.3. The first-order chi connectivity index (χ1) is 8.47. The van der Waals surface area contributed by atoms with E-state index in [1.807, 2.05) is 6.20 Å². The van der Waals surface area contributed by atoms with Crippen LogP contribution in [0.15, 0.2) is 12.4 Å². The average Bonchev–Trinajstić information content (AvgIpc) is 2.82.